The van der Waals surface area contributed by atoms with E-state index in [1.165, 1.54) is 0 Å². The van der Waals surface area contributed by atoms with E-state index in [-0.39, 0.29) is 22.3 Å². The summed E-state index contributed by atoms with van der Waals surface area (Å²) in [6.07, 6.45) is 0.514. The van der Waals surface area contributed by atoms with Gasteiger partial charge in [-0.1, -0.05) is 66.4 Å². The van der Waals surface area contributed by atoms with Crippen LogP contribution in [-0.2, 0) is 29.1 Å². The lowest BCUT2D eigenvalue weighted by Gasteiger charge is -2.10. The van der Waals surface area contributed by atoms with Gasteiger partial charge in [-0.3, -0.25) is 19.7 Å². The monoisotopic (exact) mass is 460 g/mol. The quantitative estimate of drug-likeness (QED) is 0.523. The predicted molar refractivity (Wildman–Crippen MR) is 129 cm³/mol. The van der Waals surface area contributed by atoms with Crippen LogP contribution in [-0.4, -0.2) is 29.4 Å². The molecule has 0 saturated carbocycles. The number of methoxy groups -OCH3 is 1. The Morgan fingerprint density at radius 2 is 1.70 bits per heavy atom. The van der Waals surface area contributed by atoms with Crippen molar-refractivity contribution in [1.82, 2.24) is 10.6 Å². The number of rotatable bonds is 8. The first-order valence-corrected chi connectivity index (χ1v) is 11.5. The van der Waals surface area contributed by atoms with Crippen molar-refractivity contribution in [2.45, 2.75) is 24.8 Å². The molecule has 0 spiro atoms. The van der Waals surface area contributed by atoms with Gasteiger partial charge in [0.05, 0.1) is 11.9 Å². The van der Waals surface area contributed by atoms with Crippen LogP contribution in [0.1, 0.15) is 27.0 Å². The fraction of sp³-hybridized carbons (Fsp3) is 0.192. The zero-order valence-corrected chi connectivity index (χ0v) is 19.0. The average Bonchev–Trinajstić information content (AvgIpc) is 3.15. The highest BCUT2D eigenvalue weighted by Gasteiger charge is 2.31. The smallest absolute Gasteiger partial charge is 0.286 e. The van der Waals surface area contributed by atoms with Gasteiger partial charge in [0.15, 0.2) is 0 Å². The van der Waals surface area contributed by atoms with Crippen molar-refractivity contribution in [1.29, 1.82) is 0 Å². The van der Waals surface area contributed by atoms with Crippen LogP contribution in [0.4, 0.5) is 4.79 Å². The minimum atomic E-state index is -0.370. The zero-order chi connectivity index (χ0) is 23.2. The summed E-state index contributed by atoms with van der Waals surface area (Å²) in [6.45, 7) is 0.883. The van der Waals surface area contributed by atoms with Crippen LogP contribution in [0.5, 0.6) is 0 Å². The lowest BCUT2D eigenvalue weighted by atomic mass is 10.00. The Morgan fingerprint density at radius 1 is 0.939 bits per heavy atom. The van der Waals surface area contributed by atoms with Gasteiger partial charge in [-0.15, -0.1) is 0 Å². The molecule has 0 bridgehead atoms. The molecule has 6 nitrogen and oxygen atoms in total. The molecule has 1 aliphatic heterocycles. The van der Waals surface area contributed by atoms with E-state index in [2.05, 4.69) is 16.7 Å². The number of ether oxygens (including phenoxy) is 1. The number of carbonyl (C=O) groups is 3. The van der Waals surface area contributed by atoms with Gasteiger partial charge >= 0.3 is 0 Å². The number of carbonyl (C=O) groups excluding carboxylic acids is 3. The molecule has 0 aliphatic carbocycles. The molecule has 3 amide bonds. The molecule has 168 valence electrons. The Balaban J connectivity index is 1.38. The molecule has 4 rings (SSSR count). The van der Waals surface area contributed by atoms with Crippen molar-refractivity contribution in [3.05, 3.63) is 95.1 Å². The van der Waals surface area contributed by atoms with Gasteiger partial charge in [-0.25, -0.2) is 0 Å². The van der Waals surface area contributed by atoms with Crippen molar-refractivity contribution >= 4 is 28.8 Å². The summed E-state index contributed by atoms with van der Waals surface area (Å²) in [5.41, 5.74) is 5.63. The van der Waals surface area contributed by atoms with Crippen LogP contribution >= 0.6 is 11.8 Å². The van der Waals surface area contributed by atoms with Gasteiger partial charge in [0.25, 0.3) is 11.1 Å². The van der Waals surface area contributed by atoms with Gasteiger partial charge in [-0.2, -0.15) is 0 Å². The maximum atomic E-state index is 12.5. The fourth-order valence-corrected chi connectivity index (χ4v) is 4.55. The van der Waals surface area contributed by atoms with Crippen LogP contribution in [0.2, 0.25) is 0 Å². The third kappa shape index (κ3) is 5.88. The first-order chi connectivity index (χ1) is 16.0. The van der Waals surface area contributed by atoms with Crippen LogP contribution < -0.4 is 10.6 Å². The van der Waals surface area contributed by atoms with Gasteiger partial charge in [0.2, 0.25) is 5.91 Å². The zero-order valence-electron chi connectivity index (χ0n) is 18.2. The molecule has 7 heteroatoms. The van der Waals surface area contributed by atoms with Gasteiger partial charge in [-0.05, 0) is 52.4 Å². The molecular formula is C26H24N2O4S. The minimum Gasteiger partial charge on any atom is -0.380 e. The Hall–Kier alpha value is -3.42. The van der Waals surface area contributed by atoms with Gasteiger partial charge in [0.1, 0.15) is 0 Å². The molecule has 0 radical (unpaired) electrons. The van der Waals surface area contributed by atoms with Crippen LogP contribution in [0.25, 0.3) is 11.1 Å². The Kier molecular flexibility index (Phi) is 7.22. The molecule has 1 heterocycles. The Labute approximate surface area is 196 Å². The second kappa shape index (κ2) is 10.5. The second-order valence-corrected chi connectivity index (χ2v) is 8.98. The van der Waals surface area contributed by atoms with E-state index in [4.69, 9.17) is 4.74 Å². The molecule has 1 aliphatic rings. The predicted octanol–water partition coefficient (Wildman–Crippen LogP) is 4.32. The molecule has 1 saturated heterocycles. The highest BCUT2D eigenvalue weighted by atomic mass is 32.2. The minimum absolute atomic E-state index is 0.130. The summed E-state index contributed by atoms with van der Waals surface area (Å²) in [5.74, 6) is -0.357. The molecule has 0 aromatic heterocycles. The van der Waals surface area contributed by atoms with Crippen molar-refractivity contribution in [2.75, 3.05) is 7.11 Å². The number of thioether (sulfide) groups is 1. The van der Waals surface area contributed by atoms with Gasteiger partial charge < -0.3 is 10.1 Å². The van der Waals surface area contributed by atoms with E-state index >= 15 is 0 Å². The molecule has 1 unspecified atom stereocenters. The standard InChI is InChI=1S/C26H24N2O4S/c1-32-16-19-5-3-7-22(13-19)24(29)27-15-18-4-2-6-21(12-18)20-10-8-17(9-11-20)14-23-25(30)28-26(31)33-23/h2-13,23H,14-16H2,1H3,(H,27,29)(H,28,30,31). The first kappa shape index (κ1) is 22.8. The summed E-state index contributed by atoms with van der Waals surface area (Å²) in [6, 6.07) is 23.4. The Morgan fingerprint density at radius 3 is 2.42 bits per heavy atom. The highest BCUT2D eigenvalue weighted by Crippen LogP contribution is 2.25. The van der Waals surface area contributed by atoms with Crippen LogP contribution in [0.3, 0.4) is 0 Å². The number of hydrogen-bond acceptors (Lipinski definition) is 5. The first-order valence-electron chi connectivity index (χ1n) is 10.6. The molecular weight excluding hydrogens is 436 g/mol. The fourth-order valence-electron chi connectivity index (χ4n) is 3.69. The number of amides is 3. The van der Waals surface area contributed by atoms with E-state index in [0.717, 1.165) is 39.6 Å². The maximum absolute atomic E-state index is 12.5. The van der Waals surface area contributed by atoms with E-state index in [1.807, 2.05) is 60.7 Å². The van der Waals surface area contributed by atoms with E-state index in [9.17, 15) is 14.4 Å². The lowest BCUT2D eigenvalue weighted by molar-refractivity contribution is -0.118. The summed E-state index contributed by atoms with van der Waals surface area (Å²) in [5, 5.41) is 4.64. The number of hydrogen-bond donors (Lipinski definition) is 2. The molecule has 2 N–H and O–H groups in total. The van der Waals surface area contributed by atoms with E-state index in [1.54, 1.807) is 13.2 Å². The summed E-state index contributed by atoms with van der Waals surface area (Å²) >= 11 is 1.04. The third-order valence-electron chi connectivity index (χ3n) is 5.36. The van der Waals surface area contributed by atoms with Crippen LogP contribution in [0, 0.1) is 0 Å². The average molecular weight is 461 g/mol. The molecule has 1 fully saturated rings. The number of imide groups is 1. The molecule has 1 atom stereocenters. The second-order valence-electron chi connectivity index (χ2n) is 7.80. The lowest BCUT2D eigenvalue weighted by Crippen LogP contribution is -2.25. The SMILES string of the molecule is COCc1cccc(C(=O)NCc2cccc(-c3ccc(CC4SC(=O)NC4=O)cc3)c2)c1. The van der Waals surface area contributed by atoms with Crippen molar-refractivity contribution in [3.8, 4) is 11.1 Å². The normalized spacial score (nSPS) is 15.4. The topological polar surface area (TPSA) is 84.5 Å². The molecule has 3 aromatic rings. The van der Waals surface area contributed by atoms with Gasteiger partial charge in [0, 0.05) is 19.2 Å². The van der Waals surface area contributed by atoms with E-state index < -0.39 is 0 Å². The maximum Gasteiger partial charge on any atom is 0.286 e. The Bertz CT molecular complexity index is 1180. The number of nitrogens with one attached hydrogen (secondary N) is 2. The molecule has 33 heavy (non-hydrogen) atoms. The third-order valence-corrected chi connectivity index (χ3v) is 6.34. The van der Waals surface area contributed by atoms with E-state index in [0.29, 0.717) is 25.1 Å². The summed E-state index contributed by atoms with van der Waals surface area (Å²) in [4.78, 5) is 35.7. The van der Waals surface area contributed by atoms with Crippen molar-refractivity contribution in [3.63, 3.8) is 0 Å². The molecule has 3 aromatic carbocycles. The van der Waals surface area contributed by atoms with Crippen molar-refractivity contribution < 1.29 is 19.1 Å². The summed E-state index contributed by atoms with van der Waals surface area (Å²) < 4.78 is 5.13. The summed E-state index contributed by atoms with van der Waals surface area (Å²) in [7, 11) is 1.63. The number of benzene rings is 3. The van der Waals surface area contributed by atoms with Crippen molar-refractivity contribution in [2.24, 2.45) is 0 Å². The highest BCUT2D eigenvalue weighted by molar-refractivity contribution is 8.15. The van der Waals surface area contributed by atoms with Crippen LogP contribution in [0.15, 0.2) is 72.8 Å². The largest absolute Gasteiger partial charge is 0.380 e.